The minimum absolute atomic E-state index is 0.270. The number of rotatable bonds is 7. The zero-order valence-corrected chi connectivity index (χ0v) is 14.8. The van der Waals surface area contributed by atoms with Crippen LogP contribution >= 0.6 is 11.6 Å². The first-order valence-electron chi connectivity index (χ1n) is 8.17. The number of urea groups is 1. The van der Waals surface area contributed by atoms with Crippen LogP contribution in [0.2, 0.25) is 5.02 Å². The molecule has 1 heterocycles. The summed E-state index contributed by atoms with van der Waals surface area (Å²) in [7, 11) is 0. The fourth-order valence-electron chi connectivity index (χ4n) is 2.36. The van der Waals surface area contributed by atoms with Crippen molar-refractivity contribution in [3.05, 3.63) is 88.8 Å². The molecular formula is C20H19ClN2O3. The third kappa shape index (κ3) is 5.65. The maximum absolute atomic E-state index is 12.0. The molecule has 0 atom stereocenters. The first kappa shape index (κ1) is 18.0. The van der Waals surface area contributed by atoms with E-state index in [4.69, 9.17) is 20.8 Å². The van der Waals surface area contributed by atoms with Gasteiger partial charge in [-0.2, -0.15) is 0 Å². The first-order valence-corrected chi connectivity index (χ1v) is 8.55. The lowest BCUT2D eigenvalue weighted by atomic mass is 10.2. The van der Waals surface area contributed by atoms with Crippen LogP contribution in [0.4, 0.5) is 10.5 Å². The largest absolute Gasteiger partial charge is 0.467 e. The number of amides is 2. The second kappa shape index (κ2) is 9.08. The van der Waals surface area contributed by atoms with Crippen molar-refractivity contribution in [1.82, 2.24) is 5.32 Å². The van der Waals surface area contributed by atoms with Crippen LogP contribution < -0.4 is 10.6 Å². The van der Waals surface area contributed by atoms with Gasteiger partial charge in [0.15, 0.2) is 0 Å². The van der Waals surface area contributed by atoms with E-state index >= 15 is 0 Å². The van der Waals surface area contributed by atoms with Crippen molar-refractivity contribution in [1.29, 1.82) is 0 Å². The molecule has 0 aliphatic heterocycles. The van der Waals surface area contributed by atoms with Crippen molar-refractivity contribution in [2.75, 3.05) is 5.32 Å². The molecule has 3 aromatic rings. The Kier molecular flexibility index (Phi) is 6.30. The van der Waals surface area contributed by atoms with Crippen LogP contribution in [-0.4, -0.2) is 6.03 Å². The van der Waals surface area contributed by atoms with Crippen LogP contribution in [0.25, 0.3) is 0 Å². The Labute approximate surface area is 156 Å². The van der Waals surface area contributed by atoms with Gasteiger partial charge in [-0.05, 0) is 47.5 Å². The predicted octanol–water partition coefficient (Wildman–Crippen LogP) is 4.97. The molecule has 26 heavy (non-hydrogen) atoms. The van der Waals surface area contributed by atoms with E-state index in [0.717, 1.165) is 16.9 Å². The zero-order chi connectivity index (χ0) is 18.2. The minimum Gasteiger partial charge on any atom is -0.467 e. The molecule has 2 amide bonds. The molecule has 0 fully saturated rings. The van der Waals surface area contributed by atoms with E-state index in [1.807, 2.05) is 48.5 Å². The number of hydrogen-bond donors (Lipinski definition) is 2. The van der Waals surface area contributed by atoms with E-state index in [-0.39, 0.29) is 6.03 Å². The van der Waals surface area contributed by atoms with Crippen molar-refractivity contribution in [3.63, 3.8) is 0 Å². The first-order chi connectivity index (χ1) is 12.7. The highest BCUT2D eigenvalue weighted by Gasteiger charge is 2.04. The SMILES string of the molecule is O=C(NCc1ccc(Cl)cc1)Nc1cccc(COCc2ccco2)c1. The second-order valence-electron chi connectivity index (χ2n) is 5.71. The monoisotopic (exact) mass is 370 g/mol. The lowest BCUT2D eigenvalue weighted by molar-refractivity contribution is 0.0930. The van der Waals surface area contributed by atoms with Crippen molar-refractivity contribution < 1.29 is 13.9 Å². The van der Waals surface area contributed by atoms with E-state index in [0.29, 0.717) is 30.5 Å². The van der Waals surface area contributed by atoms with Gasteiger partial charge in [-0.15, -0.1) is 0 Å². The lowest BCUT2D eigenvalue weighted by Crippen LogP contribution is -2.28. The van der Waals surface area contributed by atoms with Crippen molar-refractivity contribution in [2.24, 2.45) is 0 Å². The molecule has 2 N–H and O–H groups in total. The van der Waals surface area contributed by atoms with Gasteiger partial charge in [0.05, 0.1) is 12.9 Å². The molecule has 1 aromatic heterocycles. The van der Waals surface area contributed by atoms with Crippen LogP contribution in [0, 0.1) is 0 Å². The third-order valence-corrected chi connectivity index (χ3v) is 3.90. The summed E-state index contributed by atoms with van der Waals surface area (Å²) in [5.74, 6) is 0.779. The average molecular weight is 371 g/mol. The van der Waals surface area contributed by atoms with E-state index in [1.54, 1.807) is 18.4 Å². The smallest absolute Gasteiger partial charge is 0.319 e. The molecule has 3 rings (SSSR count). The Balaban J connectivity index is 1.46. The number of hydrogen-bond acceptors (Lipinski definition) is 3. The number of benzene rings is 2. The number of anilines is 1. The van der Waals surface area contributed by atoms with Crippen LogP contribution in [0.3, 0.4) is 0 Å². The number of halogens is 1. The van der Waals surface area contributed by atoms with Crippen molar-refractivity contribution in [3.8, 4) is 0 Å². The average Bonchev–Trinajstić information content (AvgIpc) is 3.15. The van der Waals surface area contributed by atoms with E-state index in [9.17, 15) is 4.79 Å². The Morgan fingerprint density at radius 3 is 2.62 bits per heavy atom. The molecule has 0 saturated heterocycles. The summed E-state index contributed by atoms with van der Waals surface area (Å²) in [5.41, 5.74) is 2.65. The minimum atomic E-state index is -0.270. The highest BCUT2D eigenvalue weighted by atomic mass is 35.5. The molecule has 6 heteroatoms. The number of ether oxygens (including phenoxy) is 1. The molecule has 0 aliphatic carbocycles. The van der Waals surface area contributed by atoms with E-state index in [2.05, 4.69) is 10.6 Å². The summed E-state index contributed by atoms with van der Waals surface area (Å²) in [4.78, 5) is 12.0. The highest BCUT2D eigenvalue weighted by Crippen LogP contribution is 2.13. The Bertz CT molecular complexity index is 833. The van der Waals surface area contributed by atoms with Gasteiger partial charge in [0.25, 0.3) is 0 Å². The van der Waals surface area contributed by atoms with Gasteiger partial charge in [-0.3, -0.25) is 0 Å². The molecular weight excluding hydrogens is 352 g/mol. The summed E-state index contributed by atoms with van der Waals surface area (Å²) >= 11 is 5.85. The van der Waals surface area contributed by atoms with Gasteiger partial charge < -0.3 is 19.8 Å². The molecule has 2 aromatic carbocycles. The fourth-order valence-corrected chi connectivity index (χ4v) is 2.49. The summed E-state index contributed by atoms with van der Waals surface area (Å²) in [6.45, 7) is 1.27. The van der Waals surface area contributed by atoms with Gasteiger partial charge in [0, 0.05) is 17.3 Å². The molecule has 0 radical (unpaired) electrons. The van der Waals surface area contributed by atoms with Gasteiger partial charge >= 0.3 is 6.03 Å². The molecule has 0 saturated carbocycles. The normalized spacial score (nSPS) is 10.5. The Morgan fingerprint density at radius 2 is 1.85 bits per heavy atom. The predicted molar refractivity (Wildman–Crippen MR) is 101 cm³/mol. The number of carbonyl (C=O) groups is 1. The molecule has 5 nitrogen and oxygen atoms in total. The summed E-state index contributed by atoms with van der Waals surface area (Å²) in [6, 6.07) is 18.3. The second-order valence-corrected chi connectivity index (χ2v) is 6.14. The summed E-state index contributed by atoms with van der Waals surface area (Å²) in [6.07, 6.45) is 1.62. The maximum Gasteiger partial charge on any atom is 0.319 e. The number of nitrogens with one attached hydrogen (secondary N) is 2. The van der Waals surface area contributed by atoms with Crippen LogP contribution in [0.5, 0.6) is 0 Å². The molecule has 0 spiro atoms. The van der Waals surface area contributed by atoms with Gasteiger partial charge in [-0.1, -0.05) is 35.9 Å². The number of carbonyl (C=O) groups excluding carboxylic acids is 1. The summed E-state index contributed by atoms with van der Waals surface area (Å²) in [5, 5.41) is 6.30. The molecule has 0 aliphatic rings. The Morgan fingerprint density at radius 1 is 1.00 bits per heavy atom. The Hall–Kier alpha value is -2.76. The van der Waals surface area contributed by atoms with E-state index in [1.165, 1.54) is 0 Å². The molecule has 134 valence electrons. The van der Waals surface area contributed by atoms with Gasteiger partial charge in [-0.25, -0.2) is 4.79 Å². The van der Waals surface area contributed by atoms with Crippen LogP contribution in [0.15, 0.2) is 71.3 Å². The lowest BCUT2D eigenvalue weighted by Gasteiger charge is -2.09. The number of furan rings is 1. The standard InChI is InChI=1S/C20H19ClN2O3/c21-17-8-6-15(7-9-17)12-22-20(24)23-18-4-1-3-16(11-18)13-25-14-19-5-2-10-26-19/h1-11H,12-14H2,(H2,22,23,24). The van der Waals surface area contributed by atoms with Crippen LogP contribution in [0.1, 0.15) is 16.9 Å². The third-order valence-electron chi connectivity index (χ3n) is 3.64. The van der Waals surface area contributed by atoms with Crippen molar-refractivity contribution >= 4 is 23.3 Å². The van der Waals surface area contributed by atoms with Gasteiger partial charge in [0.2, 0.25) is 0 Å². The zero-order valence-electron chi connectivity index (χ0n) is 14.1. The van der Waals surface area contributed by atoms with Gasteiger partial charge in [0.1, 0.15) is 12.4 Å². The molecule has 0 bridgehead atoms. The topological polar surface area (TPSA) is 63.5 Å². The van der Waals surface area contributed by atoms with Crippen LogP contribution in [-0.2, 0) is 24.5 Å². The summed E-state index contributed by atoms with van der Waals surface area (Å²) < 4.78 is 10.8. The fraction of sp³-hybridized carbons (Fsp3) is 0.150. The van der Waals surface area contributed by atoms with Crippen molar-refractivity contribution in [2.45, 2.75) is 19.8 Å². The maximum atomic E-state index is 12.0. The van der Waals surface area contributed by atoms with E-state index < -0.39 is 0 Å². The highest BCUT2D eigenvalue weighted by molar-refractivity contribution is 6.30. The quantitative estimate of drug-likeness (QED) is 0.617. The molecule has 0 unspecified atom stereocenters.